The van der Waals surface area contributed by atoms with Crippen LogP contribution in [0.4, 0.5) is 0 Å². The Morgan fingerprint density at radius 1 is 1.27 bits per heavy atom. The van der Waals surface area contributed by atoms with Crippen molar-refractivity contribution in [1.82, 2.24) is 0 Å². The van der Waals surface area contributed by atoms with Gasteiger partial charge in [-0.2, -0.15) is 0 Å². The van der Waals surface area contributed by atoms with Crippen molar-refractivity contribution < 1.29 is 18.8 Å². The van der Waals surface area contributed by atoms with Gasteiger partial charge in [0.2, 0.25) is 0 Å². The van der Waals surface area contributed by atoms with Crippen molar-refractivity contribution in [2.24, 2.45) is 4.40 Å². The summed E-state index contributed by atoms with van der Waals surface area (Å²) in [6.45, 7) is 6.04. The Labute approximate surface area is 156 Å². The average molecular weight is 371 g/mol. The normalized spacial score (nSPS) is 14.3. The van der Waals surface area contributed by atoms with E-state index in [1.54, 1.807) is 24.4 Å². The molecule has 1 unspecified atom stereocenters. The van der Waals surface area contributed by atoms with E-state index in [0.29, 0.717) is 12.2 Å². The quantitative estimate of drug-likeness (QED) is 0.466. The lowest BCUT2D eigenvalue weighted by Gasteiger charge is -2.23. The third-order valence-electron chi connectivity index (χ3n) is 4.09. The molecule has 136 valence electrons. The third kappa shape index (κ3) is 3.61. The number of fused-ring (bicyclic) bond motifs is 3. The van der Waals surface area contributed by atoms with Gasteiger partial charge in [-0.15, -0.1) is 0 Å². The first-order valence-electron chi connectivity index (χ1n) is 8.25. The zero-order valence-corrected chi connectivity index (χ0v) is 16.1. The highest BCUT2D eigenvalue weighted by molar-refractivity contribution is 7.91. The molecule has 1 aliphatic heterocycles. The molecule has 0 saturated carbocycles. The van der Waals surface area contributed by atoms with Crippen molar-refractivity contribution in [2.75, 3.05) is 7.11 Å². The van der Waals surface area contributed by atoms with Crippen LogP contribution in [-0.4, -0.2) is 28.6 Å². The van der Waals surface area contributed by atoms with Crippen LogP contribution in [0.15, 0.2) is 40.8 Å². The van der Waals surface area contributed by atoms with Gasteiger partial charge in [0.15, 0.2) is 0 Å². The highest BCUT2D eigenvalue weighted by Gasteiger charge is 2.26. The van der Waals surface area contributed by atoms with Crippen molar-refractivity contribution in [3.8, 4) is 16.9 Å². The lowest BCUT2D eigenvalue weighted by Crippen LogP contribution is -2.26. The summed E-state index contributed by atoms with van der Waals surface area (Å²) >= 11 is -1.33. The molecule has 0 saturated heterocycles. The fourth-order valence-corrected chi connectivity index (χ4v) is 3.19. The van der Waals surface area contributed by atoms with Gasteiger partial charge in [-0.05, 0) is 44.5 Å². The number of carbonyl (C=O) groups is 1. The Balaban J connectivity index is 2.02. The molecule has 0 N–H and O–H groups in total. The number of benzene rings is 2. The van der Waals surface area contributed by atoms with E-state index < -0.39 is 22.1 Å². The molecule has 0 aromatic heterocycles. The minimum Gasteiger partial charge on any atom is -0.591 e. The van der Waals surface area contributed by atoms with Gasteiger partial charge in [0.05, 0.1) is 18.9 Å². The van der Waals surface area contributed by atoms with Crippen molar-refractivity contribution >= 4 is 23.5 Å². The third-order valence-corrected chi connectivity index (χ3v) is 5.43. The Hall–Kier alpha value is -2.31. The van der Waals surface area contributed by atoms with E-state index in [4.69, 9.17) is 9.47 Å². The SMILES string of the molecule is COC(=O)c1ccc2c(c1)-c1cccc(C=N[S+]([O-])C(C)(C)C)c1CO2. The Morgan fingerprint density at radius 2 is 2.04 bits per heavy atom. The predicted octanol–water partition coefficient (Wildman–Crippen LogP) is 3.91. The van der Waals surface area contributed by atoms with Crippen molar-refractivity contribution in [2.45, 2.75) is 32.1 Å². The number of rotatable bonds is 3. The first-order valence-corrected chi connectivity index (χ1v) is 9.35. The second-order valence-corrected chi connectivity index (χ2v) is 8.89. The fourth-order valence-electron chi connectivity index (χ4n) is 2.66. The smallest absolute Gasteiger partial charge is 0.337 e. The van der Waals surface area contributed by atoms with Gasteiger partial charge in [0, 0.05) is 16.7 Å². The summed E-state index contributed by atoms with van der Waals surface area (Å²) in [6, 6.07) is 11.1. The zero-order valence-electron chi connectivity index (χ0n) is 15.2. The highest BCUT2D eigenvalue weighted by atomic mass is 32.2. The van der Waals surface area contributed by atoms with Crippen molar-refractivity contribution in [3.63, 3.8) is 0 Å². The summed E-state index contributed by atoms with van der Waals surface area (Å²) in [5, 5.41) is 0. The second kappa shape index (κ2) is 7.13. The van der Waals surface area contributed by atoms with E-state index in [9.17, 15) is 9.35 Å². The van der Waals surface area contributed by atoms with Gasteiger partial charge in [-0.1, -0.05) is 22.6 Å². The molecule has 1 aliphatic rings. The fraction of sp³-hybridized carbons (Fsp3) is 0.300. The molecule has 0 fully saturated rings. The summed E-state index contributed by atoms with van der Waals surface area (Å²) in [5.41, 5.74) is 4.09. The molecule has 5 nitrogen and oxygen atoms in total. The standard InChI is InChI=1S/C20H21NO4S/c1-20(2,3)26(23)21-11-14-6-5-7-15-16-10-13(19(22)24-4)8-9-18(16)25-12-17(14)15/h5-11H,12H2,1-4H3. The van der Waals surface area contributed by atoms with Crippen LogP contribution in [-0.2, 0) is 22.7 Å². The molecule has 2 aromatic rings. The van der Waals surface area contributed by atoms with E-state index in [0.717, 1.165) is 28.0 Å². The molecule has 0 radical (unpaired) electrons. The molecule has 2 aromatic carbocycles. The largest absolute Gasteiger partial charge is 0.591 e. The summed E-state index contributed by atoms with van der Waals surface area (Å²) in [5.74, 6) is 0.329. The van der Waals surface area contributed by atoms with Crippen molar-refractivity contribution in [3.05, 3.63) is 53.1 Å². The van der Waals surface area contributed by atoms with Crippen LogP contribution in [0.25, 0.3) is 11.1 Å². The van der Waals surface area contributed by atoms with Gasteiger partial charge < -0.3 is 14.0 Å². The summed E-state index contributed by atoms with van der Waals surface area (Å²) in [7, 11) is 1.36. The van der Waals surface area contributed by atoms with E-state index >= 15 is 0 Å². The maximum Gasteiger partial charge on any atom is 0.337 e. The van der Waals surface area contributed by atoms with Gasteiger partial charge in [-0.25, -0.2) is 4.79 Å². The maximum atomic E-state index is 12.2. The molecule has 3 rings (SSSR count). The van der Waals surface area contributed by atoms with E-state index in [1.807, 2.05) is 39.0 Å². The van der Waals surface area contributed by atoms with Gasteiger partial charge in [0.1, 0.15) is 28.5 Å². The minimum absolute atomic E-state index is 0.391. The molecule has 0 aliphatic carbocycles. The molecular weight excluding hydrogens is 350 g/mol. The van der Waals surface area contributed by atoms with Crippen LogP contribution in [0.2, 0.25) is 0 Å². The lowest BCUT2D eigenvalue weighted by atomic mass is 9.92. The first kappa shape index (κ1) is 18.5. The summed E-state index contributed by atoms with van der Waals surface area (Å²) in [4.78, 5) is 11.8. The Bertz CT molecular complexity index is 871. The average Bonchev–Trinajstić information content (AvgIpc) is 2.63. The molecule has 1 atom stereocenters. The molecule has 1 heterocycles. The minimum atomic E-state index is -1.33. The van der Waals surface area contributed by atoms with E-state index in [2.05, 4.69) is 4.40 Å². The van der Waals surface area contributed by atoms with E-state index in [-0.39, 0.29) is 0 Å². The van der Waals surface area contributed by atoms with Gasteiger partial charge >= 0.3 is 5.97 Å². The molecule has 0 amide bonds. The number of ether oxygens (including phenoxy) is 2. The molecule has 0 spiro atoms. The van der Waals surface area contributed by atoms with Gasteiger partial charge in [0.25, 0.3) is 0 Å². The van der Waals surface area contributed by atoms with Crippen LogP contribution in [0.1, 0.15) is 42.3 Å². The van der Waals surface area contributed by atoms with Crippen LogP contribution in [0.3, 0.4) is 0 Å². The number of methoxy groups -OCH3 is 1. The highest BCUT2D eigenvalue weighted by Crippen LogP contribution is 2.39. The summed E-state index contributed by atoms with van der Waals surface area (Å²) in [6.07, 6.45) is 1.64. The molecule has 0 bridgehead atoms. The monoisotopic (exact) mass is 371 g/mol. The summed E-state index contributed by atoms with van der Waals surface area (Å²) < 4.78 is 26.6. The molecule has 6 heteroatoms. The predicted molar refractivity (Wildman–Crippen MR) is 103 cm³/mol. The number of nitrogens with zero attached hydrogens (tertiary/aromatic N) is 1. The first-order chi connectivity index (χ1) is 12.3. The van der Waals surface area contributed by atoms with Crippen molar-refractivity contribution in [1.29, 1.82) is 0 Å². The zero-order chi connectivity index (χ0) is 18.9. The van der Waals surface area contributed by atoms with Crippen LogP contribution >= 0.6 is 0 Å². The second-order valence-electron chi connectivity index (χ2n) is 6.96. The lowest BCUT2D eigenvalue weighted by molar-refractivity contribution is 0.0600. The van der Waals surface area contributed by atoms with Crippen LogP contribution in [0.5, 0.6) is 5.75 Å². The molecule has 26 heavy (non-hydrogen) atoms. The van der Waals surface area contributed by atoms with Crippen LogP contribution in [0, 0.1) is 0 Å². The number of carbonyl (C=O) groups excluding carboxylic acids is 1. The van der Waals surface area contributed by atoms with Gasteiger partial charge in [-0.3, -0.25) is 0 Å². The van der Waals surface area contributed by atoms with E-state index in [1.165, 1.54) is 7.11 Å². The topological polar surface area (TPSA) is 71.0 Å². The molecular formula is C20H21NO4S. The number of esters is 1. The Morgan fingerprint density at radius 3 is 2.73 bits per heavy atom. The number of hydrogen-bond donors (Lipinski definition) is 0. The Kier molecular flexibility index (Phi) is 5.07. The van der Waals surface area contributed by atoms with Crippen LogP contribution < -0.4 is 4.74 Å². The maximum absolute atomic E-state index is 12.2. The number of hydrogen-bond acceptors (Lipinski definition) is 5.